The lowest BCUT2D eigenvalue weighted by molar-refractivity contribution is -0.138. The number of fused-ring (bicyclic) bond motifs is 3. The van der Waals surface area contributed by atoms with E-state index in [1.165, 1.54) is 0 Å². The number of amides is 1. The Morgan fingerprint density at radius 3 is 1.89 bits per heavy atom. The number of carbonyl (C=O) groups is 1. The fraction of sp³-hybridized carbons (Fsp3) is 0.536. The van der Waals surface area contributed by atoms with Crippen LogP contribution in [0.1, 0.15) is 76.8 Å². The van der Waals surface area contributed by atoms with Gasteiger partial charge in [0.15, 0.2) is 0 Å². The molecule has 7 heteroatoms. The van der Waals surface area contributed by atoms with Crippen molar-refractivity contribution in [3.63, 3.8) is 0 Å². The van der Waals surface area contributed by atoms with Crippen LogP contribution in [0.25, 0.3) is 11.1 Å². The van der Waals surface area contributed by atoms with Crippen LogP contribution < -0.4 is 5.48 Å². The first kappa shape index (κ1) is 27.6. The summed E-state index contributed by atoms with van der Waals surface area (Å²) in [4.78, 5) is 19.0. The number of nitrogens with one attached hydrogen (secondary N) is 1. The minimum absolute atomic E-state index is 0.168. The molecule has 35 heavy (non-hydrogen) atoms. The van der Waals surface area contributed by atoms with Crippen molar-refractivity contribution in [2.75, 3.05) is 26.0 Å². The van der Waals surface area contributed by atoms with Crippen molar-refractivity contribution >= 4 is 13.5 Å². The van der Waals surface area contributed by atoms with Crippen molar-refractivity contribution in [1.82, 2.24) is 5.48 Å². The van der Waals surface area contributed by atoms with Gasteiger partial charge in [0.05, 0.1) is 26.0 Å². The lowest BCUT2D eigenvalue weighted by atomic mass is 9.73. The maximum atomic E-state index is 13.7. The molecule has 0 heterocycles. The van der Waals surface area contributed by atoms with Gasteiger partial charge < -0.3 is 9.05 Å². The number of benzene rings is 2. The van der Waals surface area contributed by atoms with Crippen molar-refractivity contribution < 1.29 is 23.2 Å². The number of rotatable bonds is 16. The second-order valence-corrected chi connectivity index (χ2v) is 11.2. The highest BCUT2D eigenvalue weighted by Crippen LogP contribution is 2.53. The maximum absolute atomic E-state index is 13.7. The normalized spacial score (nSPS) is 13.9. The number of unbranched alkanes of at least 4 members (excludes halogenated alkanes) is 3. The van der Waals surface area contributed by atoms with E-state index in [1.54, 1.807) is 0 Å². The third-order valence-electron chi connectivity index (χ3n) is 6.57. The summed E-state index contributed by atoms with van der Waals surface area (Å²) in [7, 11) is -3.16. The first-order valence-corrected chi connectivity index (χ1v) is 14.7. The monoisotopic (exact) mass is 501 g/mol. The molecule has 0 radical (unpaired) electrons. The summed E-state index contributed by atoms with van der Waals surface area (Å²) >= 11 is 0. The van der Waals surface area contributed by atoms with Gasteiger partial charge in [-0.05, 0) is 54.9 Å². The molecule has 2 aromatic rings. The molecular formula is C28H40NO5P. The molecule has 192 valence electrons. The largest absolute Gasteiger partial charge is 0.330 e. The van der Waals surface area contributed by atoms with Crippen LogP contribution in [0.5, 0.6) is 0 Å². The predicted molar refractivity (Wildman–Crippen MR) is 140 cm³/mol. The van der Waals surface area contributed by atoms with Gasteiger partial charge in [-0.1, -0.05) is 81.6 Å². The molecule has 1 aliphatic rings. The van der Waals surface area contributed by atoms with Gasteiger partial charge in [-0.2, -0.15) is 0 Å². The molecule has 1 aliphatic carbocycles. The standard InChI is InChI=1S/C28H40NO5P/c1-4-7-20-33-35(31,34-21-8-5-2)22-14-13-19-28(27(30)29-32-6-3)25-17-11-9-15-23(25)24-16-10-12-18-26(24)28/h9-12,15-18H,4-8,13-14,19-22H2,1-3H3,(H,29,30). The van der Waals surface area contributed by atoms with Crippen LogP contribution in [0.4, 0.5) is 0 Å². The molecule has 0 atom stereocenters. The highest BCUT2D eigenvalue weighted by atomic mass is 31.2. The highest BCUT2D eigenvalue weighted by molar-refractivity contribution is 7.53. The van der Waals surface area contributed by atoms with Crippen LogP contribution >= 0.6 is 7.60 Å². The molecule has 1 N–H and O–H groups in total. The topological polar surface area (TPSA) is 73.9 Å². The molecular weight excluding hydrogens is 461 g/mol. The summed E-state index contributed by atoms with van der Waals surface area (Å²) < 4.78 is 24.9. The quantitative estimate of drug-likeness (QED) is 0.152. The average Bonchev–Trinajstić information content (AvgIpc) is 3.16. The number of carbonyl (C=O) groups excluding carboxylic acids is 1. The van der Waals surface area contributed by atoms with E-state index < -0.39 is 13.0 Å². The van der Waals surface area contributed by atoms with Gasteiger partial charge in [0.25, 0.3) is 5.91 Å². The number of hydrogen-bond donors (Lipinski definition) is 1. The van der Waals surface area contributed by atoms with Crippen molar-refractivity contribution in [3.8, 4) is 11.1 Å². The molecule has 3 rings (SSSR count). The lowest BCUT2D eigenvalue weighted by Gasteiger charge is -2.30. The number of hydrogen-bond acceptors (Lipinski definition) is 5. The van der Waals surface area contributed by atoms with Crippen molar-refractivity contribution in [3.05, 3.63) is 59.7 Å². The SMILES string of the molecule is CCCCOP(=O)(CCCCC1(C(=O)NOCC)c2ccccc2-c2ccccc21)OCCCC. The molecule has 0 spiro atoms. The minimum atomic E-state index is -3.16. The Morgan fingerprint density at radius 1 is 0.829 bits per heavy atom. The van der Waals surface area contributed by atoms with E-state index in [0.29, 0.717) is 45.2 Å². The number of hydroxylamine groups is 1. The average molecular weight is 502 g/mol. The second kappa shape index (κ2) is 13.4. The zero-order valence-electron chi connectivity index (χ0n) is 21.4. The zero-order valence-corrected chi connectivity index (χ0v) is 22.3. The van der Waals surface area contributed by atoms with Crippen LogP contribution in [0.2, 0.25) is 0 Å². The van der Waals surface area contributed by atoms with Gasteiger partial charge >= 0.3 is 7.60 Å². The van der Waals surface area contributed by atoms with E-state index >= 15 is 0 Å². The fourth-order valence-corrected chi connectivity index (χ4v) is 6.49. The van der Waals surface area contributed by atoms with E-state index in [0.717, 1.165) is 47.9 Å². The van der Waals surface area contributed by atoms with Crippen molar-refractivity contribution in [2.45, 2.75) is 71.1 Å². The Hall–Kier alpha value is -1.98. The van der Waals surface area contributed by atoms with E-state index in [9.17, 15) is 9.36 Å². The molecule has 6 nitrogen and oxygen atoms in total. The summed E-state index contributed by atoms with van der Waals surface area (Å²) in [5, 5.41) is 0. The molecule has 0 aliphatic heterocycles. The molecule has 0 bridgehead atoms. The van der Waals surface area contributed by atoms with Gasteiger partial charge in [-0.15, -0.1) is 0 Å². The Balaban J connectivity index is 1.80. The van der Waals surface area contributed by atoms with Crippen LogP contribution in [-0.4, -0.2) is 31.9 Å². The smallest absolute Gasteiger partial charge is 0.309 e. The van der Waals surface area contributed by atoms with Crippen LogP contribution in [0.15, 0.2) is 48.5 Å². The maximum Gasteiger partial charge on any atom is 0.330 e. The summed E-state index contributed by atoms with van der Waals surface area (Å²) in [6.07, 6.45) is 5.93. The molecule has 0 aromatic heterocycles. The van der Waals surface area contributed by atoms with Gasteiger partial charge in [-0.3, -0.25) is 14.2 Å². The van der Waals surface area contributed by atoms with E-state index in [1.807, 2.05) is 43.3 Å². The second-order valence-electron chi connectivity index (χ2n) is 9.03. The van der Waals surface area contributed by atoms with E-state index in [2.05, 4.69) is 31.5 Å². The van der Waals surface area contributed by atoms with Crippen LogP contribution in [0, 0.1) is 0 Å². The third-order valence-corrected chi connectivity index (χ3v) is 8.58. The Morgan fingerprint density at radius 2 is 1.37 bits per heavy atom. The molecule has 0 fully saturated rings. The van der Waals surface area contributed by atoms with Gasteiger partial charge in [0.2, 0.25) is 0 Å². The zero-order chi connectivity index (χ0) is 25.2. The van der Waals surface area contributed by atoms with Gasteiger partial charge in [-0.25, -0.2) is 5.48 Å². The minimum Gasteiger partial charge on any atom is -0.309 e. The van der Waals surface area contributed by atoms with Crippen LogP contribution in [-0.2, 0) is 28.7 Å². The molecule has 2 aromatic carbocycles. The van der Waals surface area contributed by atoms with Crippen LogP contribution in [0.3, 0.4) is 0 Å². The molecule has 0 saturated heterocycles. The van der Waals surface area contributed by atoms with E-state index in [-0.39, 0.29) is 5.91 Å². The van der Waals surface area contributed by atoms with Gasteiger partial charge in [0.1, 0.15) is 5.41 Å². The van der Waals surface area contributed by atoms with Gasteiger partial charge in [0, 0.05) is 0 Å². The Labute approximate surface area is 210 Å². The van der Waals surface area contributed by atoms with Crippen molar-refractivity contribution in [2.24, 2.45) is 0 Å². The molecule has 0 saturated carbocycles. The summed E-state index contributed by atoms with van der Waals surface area (Å²) in [6.45, 7) is 7.28. The first-order chi connectivity index (χ1) is 17.0. The van der Waals surface area contributed by atoms with Crippen molar-refractivity contribution in [1.29, 1.82) is 0 Å². The fourth-order valence-electron chi connectivity index (χ4n) is 4.74. The summed E-state index contributed by atoms with van der Waals surface area (Å²) in [5.74, 6) is -0.168. The Bertz CT molecular complexity index is 949. The summed E-state index contributed by atoms with van der Waals surface area (Å²) in [6, 6.07) is 16.2. The van der Waals surface area contributed by atoms with E-state index in [4.69, 9.17) is 13.9 Å². The predicted octanol–water partition coefficient (Wildman–Crippen LogP) is 7.02. The molecule has 0 unspecified atom stereocenters. The summed E-state index contributed by atoms with van der Waals surface area (Å²) in [5.41, 5.74) is 5.94. The third kappa shape index (κ3) is 6.42. The Kier molecular flexibility index (Phi) is 10.5. The first-order valence-electron chi connectivity index (χ1n) is 13.0. The molecule has 1 amide bonds. The highest BCUT2D eigenvalue weighted by Gasteiger charge is 2.48. The lowest BCUT2D eigenvalue weighted by Crippen LogP contribution is -2.44.